The van der Waals surface area contributed by atoms with Gasteiger partial charge in [0, 0.05) is 16.3 Å². The molecule has 4 aromatic rings. The van der Waals surface area contributed by atoms with Gasteiger partial charge in [-0.15, -0.1) is 10.2 Å². The molecule has 160 valence electrons. The molecule has 0 atom stereocenters. The maximum atomic E-state index is 12.4. The van der Waals surface area contributed by atoms with E-state index < -0.39 is 0 Å². The summed E-state index contributed by atoms with van der Waals surface area (Å²) < 4.78 is 1.95. The number of benzene rings is 3. The van der Waals surface area contributed by atoms with Gasteiger partial charge >= 0.3 is 0 Å². The minimum atomic E-state index is -0.229. The number of hydrogen-bond acceptors (Lipinski definition) is 5. The van der Waals surface area contributed by atoms with Crippen molar-refractivity contribution < 1.29 is 4.79 Å². The number of hydrazone groups is 1. The third-order valence-corrected chi connectivity index (χ3v) is 5.80. The number of halogens is 1. The predicted molar refractivity (Wildman–Crippen MR) is 129 cm³/mol. The number of thioether (sulfide) groups is 1. The van der Waals surface area contributed by atoms with E-state index in [2.05, 4.69) is 20.7 Å². The number of aromatic nitrogens is 3. The van der Waals surface area contributed by atoms with Crippen LogP contribution in [-0.4, -0.2) is 32.1 Å². The van der Waals surface area contributed by atoms with Gasteiger partial charge in [0.25, 0.3) is 5.91 Å². The molecule has 32 heavy (non-hydrogen) atoms. The van der Waals surface area contributed by atoms with Crippen molar-refractivity contribution >= 4 is 35.0 Å². The molecule has 0 saturated heterocycles. The highest BCUT2D eigenvalue weighted by Crippen LogP contribution is 2.27. The molecule has 3 aromatic carbocycles. The van der Waals surface area contributed by atoms with Crippen LogP contribution in [0.25, 0.3) is 17.1 Å². The average molecular weight is 462 g/mol. The van der Waals surface area contributed by atoms with E-state index in [0.29, 0.717) is 15.9 Å². The zero-order chi connectivity index (χ0) is 22.3. The Labute approximate surface area is 195 Å². The Balaban J connectivity index is 1.49. The Kier molecular flexibility index (Phi) is 6.99. The van der Waals surface area contributed by atoms with Crippen molar-refractivity contribution in [2.45, 2.75) is 12.1 Å². The average Bonchev–Trinajstić information content (AvgIpc) is 3.27. The molecule has 0 saturated carbocycles. The van der Waals surface area contributed by atoms with Crippen LogP contribution in [0.2, 0.25) is 5.02 Å². The van der Waals surface area contributed by atoms with Gasteiger partial charge in [-0.3, -0.25) is 9.36 Å². The third kappa shape index (κ3) is 5.25. The summed E-state index contributed by atoms with van der Waals surface area (Å²) in [5, 5.41) is 14.2. The zero-order valence-corrected chi connectivity index (χ0v) is 18.8. The van der Waals surface area contributed by atoms with Crippen LogP contribution in [0.4, 0.5) is 0 Å². The lowest BCUT2D eigenvalue weighted by atomic mass is 10.1. The van der Waals surface area contributed by atoms with Crippen LogP contribution >= 0.6 is 23.4 Å². The predicted octanol–water partition coefficient (Wildman–Crippen LogP) is 5.22. The second-order valence-corrected chi connectivity index (χ2v) is 8.25. The van der Waals surface area contributed by atoms with E-state index >= 15 is 0 Å². The molecule has 0 fully saturated rings. The van der Waals surface area contributed by atoms with Crippen LogP contribution in [0.1, 0.15) is 12.5 Å². The lowest BCUT2D eigenvalue weighted by Crippen LogP contribution is -2.21. The fourth-order valence-corrected chi connectivity index (χ4v) is 3.88. The second kappa shape index (κ2) is 10.3. The quantitative estimate of drug-likeness (QED) is 0.232. The zero-order valence-electron chi connectivity index (χ0n) is 17.3. The van der Waals surface area contributed by atoms with Gasteiger partial charge in [0.15, 0.2) is 11.0 Å². The molecule has 6 nitrogen and oxygen atoms in total. The molecule has 1 amide bonds. The number of amides is 1. The van der Waals surface area contributed by atoms with Crippen molar-refractivity contribution in [3.05, 3.63) is 95.5 Å². The lowest BCUT2D eigenvalue weighted by Gasteiger charge is -2.10. The largest absolute Gasteiger partial charge is 0.272 e. The Morgan fingerprint density at radius 2 is 1.62 bits per heavy atom. The molecule has 1 heterocycles. The first-order valence-electron chi connectivity index (χ1n) is 9.90. The summed E-state index contributed by atoms with van der Waals surface area (Å²) in [7, 11) is 0. The van der Waals surface area contributed by atoms with E-state index in [0.717, 1.165) is 22.6 Å². The van der Waals surface area contributed by atoms with Crippen molar-refractivity contribution in [2.24, 2.45) is 5.10 Å². The molecular formula is C24H20ClN5OS. The molecule has 1 N–H and O–H groups in total. The Morgan fingerprint density at radius 1 is 0.969 bits per heavy atom. The fourth-order valence-electron chi connectivity index (χ4n) is 3.01. The van der Waals surface area contributed by atoms with Crippen LogP contribution < -0.4 is 5.43 Å². The lowest BCUT2D eigenvalue weighted by molar-refractivity contribution is -0.118. The van der Waals surface area contributed by atoms with E-state index in [1.807, 2.05) is 84.3 Å². The van der Waals surface area contributed by atoms with E-state index in [-0.39, 0.29) is 11.7 Å². The van der Waals surface area contributed by atoms with Crippen LogP contribution in [0.15, 0.2) is 95.2 Å². The maximum Gasteiger partial charge on any atom is 0.250 e. The Morgan fingerprint density at radius 3 is 2.31 bits per heavy atom. The second-order valence-electron chi connectivity index (χ2n) is 6.87. The van der Waals surface area contributed by atoms with Crippen LogP contribution in [0.3, 0.4) is 0 Å². The SMILES string of the molecule is C/C(=N\NC(=O)CSc1nnc(-c2ccccc2)n1-c1ccccc1)c1ccc(Cl)cc1. The summed E-state index contributed by atoms with van der Waals surface area (Å²) in [6.45, 7) is 1.83. The van der Waals surface area contributed by atoms with Gasteiger partial charge in [-0.05, 0) is 36.8 Å². The normalized spacial score (nSPS) is 11.4. The topological polar surface area (TPSA) is 72.2 Å². The standard InChI is InChI=1S/C24H20ClN5OS/c1-17(18-12-14-20(25)15-13-18)26-27-22(31)16-32-24-29-28-23(19-8-4-2-5-9-19)30(24)21-10-6-3-7-11-21/h2-15H,16H2,1H3,(H,27,31)/b26-17+. The van der Waals surface area contributed by atoms with Gasteiger partial charge in [0.2, 0.25) is 0 Å². The van der Waals surface area contributed by atoms with Gasteiger partial charge in [0.1, 0.15) is 0 Å². The van der Waals surface area contributed by atoms with Crippen molar-refractivity contribution in [3.63, 3.8) is 0 Å². The van der Waals surface area contributed by atoms with E-state index in [4.69, 9.17) is 11.6 Å². The summed E-state index contributed by atoms with van der Waals surface area (Å²) in [6.07, 6.45) is 0. The molecule has 0 aliphatic rings. The van der Waals surface area contributed by atoms with Gasteiger partial charge in [-0.25, -0.2) is 5.43 Å². The highest BCUT2D eigenvalue weighted by Gasteiger charge is 2.17. The number of hydrogen-bond donors (Lipinski definition) is 1. The number of nitrogens with one attached hydrogen (secondary N) is 1. The number of para-hydroxylation sites is 1. The van der Waals surface area contributed by atoms with Gasteiger partial charge in [-0.2, -0.15) is 5.10 Å². The van der Waals surface area contributed by atoms with Crippen LogP contribution in [-0.2, 0) is 4.79 Å². The minimum absolute atomic E-state index is 0.150. The first-order valence-corrected chi connectivity index (χ1v) is 11.3. The molecular weight excluding hydrogens is 442 g/mol. The van der Waals surface area contributed by atoms with Crippen molar-refractivity contribution in [2.75, 3.05) is 5.75 Å². The summed E-state index contributed by atoms with van der Waals surface area (Å²) in [6, 6.07) is 27.0. The molecule has 0 bridgehead atoms. The third-order valence-electron chi connectivity index (χ3n) is 4.62. The van der Waals surface area contributed by atoms with Crippen molar-refractivity contribution in [1.29, 1.82) is 0 Å². The maximum absolute atomic E-state index is 12.4. The number of rotatable bonds is 7. The van der Waals surface area contributed by atoms with Gasteiger partial charge < -0.3 is 0 Å². The number of carbonyl (C=O) groups excluding carboxylic acids is 1. The monoisotopic (exact) mass is 461 g/mol. The molecule has 0 aliphatic heterocycles. The molecule has 0 radical (unpaired) electrons. The molecule has 0 aliphatic carbocycles. The fraction of sp³-hybridized carbons (Fsp3) is 0.0833. The van der Waals surface area contributed by atoms with Crippen LogP contribution in [0, 0.1) is 0 Å². The summed E-state index contributed by atoms with van der Waals surface area (Å²) in [5.74, 6) is 0.639. The van der Waals surface area contributed by atoms with E-state index in [1.165, 1.54) is 11.8 Å². The minimum Gasteiger partial charge on any atom is -0.272 e. The molecule has 0 spiro atoms. The molecule has 0 unspecified atom stereocenters. The highest BCUT2D eigenvalue weighted by molar-refractivity contribution is 7.99. The van der Waals surface area contributed by atoms with E-state index in [9.17, 15) is 4.79 Å². The van der Waals surface area contributed by atoms with E-state index in [1.54, 1.807) is 12.1 Å². The van der Waals surface area contributed by atoms with Gasteiger partial charge in [-0.1, -0.05) is 84.0 Å². The Bertz CT molecular complexity index is 1220. The summed E-state index contributed by atoms with van der Waals surface area (Å²) in [5.41, 5.74) is 6.06. The Hall–Kier alpha value is -3.42. The first-order chi connectivity index (χ1) is 15.6. The number of nitrogens with zero attached hydrogens (tertiary/aromatic N) is 4. The van der Waals surface area contributed by atoms with Crippen LogP contribution in [0.5, 0.6) is 0 Å². The molecule has 8 heteroatoms. The van der Waals surface area contributed by atoms with Crippen molar-refractivity contribution in [3.8, 4) is 17.1 Å². The molecule has 1 aromatic heterocycles. The smallest absolute Gasteiger partial charge is 0.250 e. The highest BCUT2D eigenvalue weighted by atomic mass is 35.5. The summed E-state index contributed by atoms with van der Waals surface area (Å²) in [4.78, 5) is 12.4. The van der Waals surface area contributed by atoms with Crippen molar-refractivity contribution in [1.82, 2.24) is 20.2 Å². The summed E-state index contributed by atoms with van der Waals surface area (Å²) >= 11 is 7.22. The molecule has 4 rings (SSSR count). The number of carbonyl (C=O) groups is 1. The first kappa shape index (κ1) is 21.8. The van der Waals surface area contributed by atoms with Gasteiger partial charge in [0.05, 0.1) is 11.5 Å².